The molecule has 1 N–H and O–H groups in total. The number of piperidine rings is 1. The number of nitrogens with one attached hydrogen (secondary N) is 1. The molecule has 0 bridgehead atoms. The fraction of sp³-hybridized carbons (Fsp3) is 0.600. The minimum absolute atomic E-state index is 0.550. The lowest BCUT2D eigenvalue weighted by Gasteiger charge is -2.32. The van der Waals surface area contributed by atoms with Crippen LogP contribution in [-0.4, -0.2) is 34.2 Å². The molecule has 0 radical (unpaired) electrons. The van der Waals surface area contributed by atoms with E-state index in [1.165, 1.54) is 22.6 Å². The predicted molar refractivity (Wildman–Crippen MR) is 83.2 cm³/mol. The van der Waals surface area contributed by atoms with Crippen LogP contribution in [-0.2, 0) is 13.1 Å². The van der Waals surface area contributed by atoms with Gasteiger partial charge in [-0.15, -0.1) is 11.3 Å². The first-order valence-electron chi connectivity index (χ1n) is 7.49. The van der Waals surface area contributed by atoms with Crippen molar-refractivity contribution in [2.24, 2.45) is 0 Å². The zero-order valence-corrected chi connectivity index (χ0v) is 13.4. The van der Waals surface area contributed by atoms with E-state index < -0.39 is 0 Å². The number of hydrogen-bond acceptors (Lipinski definition) is 6. The van der Waals surface area contributed by atoms with Gasteiger partial charge in [0.25, 0.3) is 0 Å². The smallest absolute Gasteiger partial charge is 0.223 e. The highest BCUT2D eigenvalue weighted by Gasteiger charge is 2.21. The maximum Gasteiger partial charge on any atom is 0.223 e. The van der Waals surface area contributed by atoms with Gasteiger partial charge in [0, 0.05) is 35.8 Å². The predicted octanol–water partition coefficient (Wildman–Crippen LogP) is 2.50. The standard InChI is InChI=1S/C15H22N4OS/c1-11-5-6-14(21-11)8-16-13-4-3-7-19(9-13)10-15-17-12(2)20-18-15/h5-6,13,16H,3-4,7-10H2,1-2H3/t13-/m1/s1. The lowest BCUT2D eigenvalue weighted by atomic mass is 10.1. The Morgan fingerprint density at radius 3 is 3.05 bits per heavy atom. The summed E-state index contributed by atoms with van der Waals surface area (Å²) in [5.41, 5.74) is 0. The molecule has 0 unspecified atom stereocenters. The van der Waals surface area contributed by atoms with Gasteiger partial charge in [-0.25, -0.2) is 0 Å². The first-order valence-corrected chi connectivity index (χ1v) is 8.31. The molecule has 0 amide bonds. The zero-order chi connectivity index (χ0) is 14.7. The minimum atomic E-state index is 0.550. The molecule has 1 aliphatic rings. The SMILES string of the molecule is Cc1nc(CN2CCC[C@@H](NCc3ccc(C)s3)C2)no1. The van der Waals surface area contributed by atoms with Gasteiger partial charge >= 0.3 is 0 Å². The molecule has 21 heavy (non-hydrogen) atoms. The van der Waals surface area contributed by atoms with Crippen molar-refractivity contribution in [1.29, 1.82) is 0 Å². The molecule has 3 heterocycles. The van der Waals surface area contributed by atoms with Gasteiger partial charge in [0.1, 0.15) is 0 Å². The van der Waals surface area contributed by atoms with Crippen molar-refractivity contribution < 1.29 is 4.52 Å². The Kier molecular flexibility index (Phi) is 4.67. The Morgan fingerprint density at radius 1 is 1.43 bits per heavy atom. The number of thiophene rings is 1. The van der Waals surface area contributed by atoms with E-state index in [2.05, 4.69) is 39.4 Å². The van der Waals surface area contributed by atoms with Crippen LogP contribution in [0, 0.1) is 13.8 Å². The van der Waals surface area contributed by atoms with Crippen LogP contribution in [0.5, 0.6) is 0 Å². The lowest BCUT2D eigenvalue weighted by molar-refractivity contribution is 0.177. The summed E-state index contributed by atoms with van der Waals surface area (Å²) in [6.07, 6.45) is 2.46. The van der Waals surface area contributed by atoms with Crippen molar-refractivity contribution in [1.82, 2.24) is 20.4 Å². The number of hydrogen-bond donors (Lipinski definition) is 1. The maximum atomic E-state index is 5.04. The third-order valence-electron chi connectivity index (χ3n) is 3.80. The van der Waals surface area contributed by atoms with E-state index in [4.69, 9.17) is 4.52 Å². The van der Waals surface area contributed by atoms with E-state index in [1.54, 1.807) is 0 Å². The zero-order valence-electron chi connectivity index (χ0n) is 12.6. The molecule has 2 aromatic heterocycles. The molecule has 2 aromatic rings. The Morgan fingerprint density at radius 2 is 2.33 bits per heavy atom. The highest BCUT2D eigenvalue weighted by Crippen LogP contribution is 2.17. The summed E-state index contributed by atoms with van der Waals surface area (Å²) in [6, 6.07) is 4.96. The summed E-state index contributed by atoms with van der Waals surface area (Å²) in [7, 11) is 0. The Bertz CT molecular complexity index is 580. The van der Waals surface area contributed by atoms with Crippen LogP contribution in [0.2, 0.25) is 0 Å². The van der Waals surface area contributed by atoms with Crippen LogP contribution in [0.1, 0.15) is 34.3 Å². The summed E-state index contributed by atoms with van der Waals surface area (Å²) < 4.78 is 5.04. The fourth-order valence-electron chi connectivity index (χ4n) is 2.80. The van der Waals surface area contributed by atoms with E-state index in [0.29, 0.717) is 11.9 Å². The van der Waals surface area contributed by atoms with Crippen molar-refractivity contribution in [3.63, 3.8) is 0 Å². The van der Waals surface area contributed by atoms with Gasteiger partial charge < -0.3 is 9.84 Å². The second kappa shape index (κ2) is 6.68. The van der Waals surface area contributed by atoms with Crippen molar-refractivity contribution in [3.8, 4) is 0 Å². The molecule has 0 aliphatic carbocycles. The van der Waals surface area contributed by atoms with Gasteiger partial charge in [-0.3, -0.25) is 4.90 Å². The van der Waals surface area contributed by atoms with Gasteiger partial charge in [0.05, 0.1) is 6.54 Å². The molecule has 114 valence electrons. The quantitative estimate of drug-likeness (QED) is 0.920. The lowest BCUT2D eigenvalue weighted by Crippen LogP contribution is -2.45. The molecule has 1 aliphatic heterocycles. The van der Waals surface area contributed by atoms with Crippen molar-refractivity contribution in [2.45, 2.75) is 45.8 Å². The van der Waals surface area contributed by atoms with Crippen LogP contribution >= 0.6 is 11.3 Å². The first kappa shape index (κ1) is 14.7. The van der Waals surface area contributed by atoms with Crippen LogP contribution in [0.15, 0.2) is 16.7 Å². The number of nitrogens with zero attached hydrogens (tertiary/aromatic N) is 3. The Hall–Kier alpha value is -1.24. The molecule has 0 saturated carbocycles. The normalized spacial score (nSPS) is 20.0. The molecule has 0 spiro atoms. The summed E-state index contributed by atoms with van der Waals surface area (Å²) in [5.74, 6) is 1.44. The van der Waals surface area contributed by atoms with Gasteiger partial charge in [-0.1, -0.05) is 5.16 Å². The molecule has 0 aromatic carbocycles. The van der Waals surface area contributed by atoms with Crippen molar-refractivity contribution >= 4 is 11.3 Å². The largest absolute Gasteiger partial charge is 0.340 e. The number of rotatable bonds is 5. The molecular formula is C15H22N4OS. The van der Waals surface area contributed by atoms with E-state index in [-0.39, 0.29) is 0 Å². The van der Waals surface area contributed by atoms with E-state index >= 15 is 0 Å². The van der Waals surface area contributed by atoms with Crippen LogP contribution in [0.3, 0.4) is 0 Å². The van der Waals surface area contributed by atoms with Gasteiger partial charge in [-0.05, 0) is 38.4 Å². The molecule has 1 fully saturated rings. The first-order chi connectivity index (χ1) is 10.2. The second-order valence-corrected chi connectivity index (χ2v) is 7.07. The molecule has 1 atom stereocenters. The fourth-order valence-corrected chi connectivity index (χ4v) is 3.64. The summed E-state index contributed by atoms with van der Waals surface area (Å²) in [6.45, 7) is 7.91. The van der Waals surface area contributed by atoms with Gasteiger partial charge in [-0.2, -0.15) is 4.98 Å². The van der Waals surface area contributed by atoms with Gasteiger partial charge in [0.2, 0.25) is 5.89 Å². The van der Waals surface area contributed by atoms with E-state index in [0.717, 1.165) is 32.0 Å². The third-order valence-corrected chi connectivity index (χ3v) is 4.80. The minimum Gasteiger partial charge on any atom is -0.340 e. The van der Waals surface area contributed by atoms with Crippen LogP contribution in [0.25, 0.3) is 0 Å². The average Bonchev–Trinajstić information content (AvgIpc) is 3.06. The second-order valence-electron chi connectivity index (χ2n) is 5.70. The Labute approximate surface area is 129 Å². The summed E-state index contributed by atoms with van der Waals surface area (Å²) in [5, 5.41) is 7.66. The van der Waals surface area contributed by atoms with E-state index in [1.807, 2.05) is 18.3 Å². The summed E-state index contributed by atoms with van der Waals surface area (Å²) in [4.78, 5) is 9.49. The molecular weight excluding hydrogens is 284 g/mol. The Balaban J connectivity index is 1.48. The number of aromatic nitrogens is 2. The highest BCUT2D eigenvalue weighted by molar-refractivity contribution is 7.11. The molecule has 6 heteroatoms. The van der Waals surface area contributed by atoms with Gasteiger partial charge in [0.15, 0.2) is 5.82 Å². The van der Waals surface area contributed by atoms with E-state index in [9.17, 15) is 0 Å². The highest BCUT2D eigenvalue weighted by atomic mass is 32.1. The number of aryl methyl sites for hydroxylation is 2. The number of likely N-dealkylation sites (tertiary alicyclic amines) is 1. The average molecular weight is 306 g/mol. The topological polar surface area (TPSA) is 54.2 Å². The van der Waals surface area contributed by atoms with Crippen molar-refractivity contribution in [3.05, 3.63) is 33.6 Å². The maximum absolute atomic E-state index is 5.04. The van der Waals surface area contributed by atoms with Crippen molar-refractivity contribution in [2.75, 3.05) is 13.1 Å². The summed E-state index contributed by atoms with van der Waals surface area (Å²) >= 11 is 1.87. The monoisotopic (exact) mass is 306 g/mol. The molecule has 5 nitrogen and oxygen atoms in total. The molecule has 3 rings (SSSR count). The third kappa shape index (κ3) is 4.12. The van der Waals surface area contributed by atoms with Crippen LogP contribution < -0.4 is 5.32 Å². The van der Waals surface area contributed by atoms with Crippen LogP contribution in [0.4, 0.5) is 0 Å². The molecule has 1 saturated heterocycles.